The first-order valence-electron chi connectivity index (χ1n) is 5.48. The van der Waals surface area contributed by atoms with Gasteiger partial charge in [-0.25, -0.2) is 13.9 Å². The molecule has 1 heterocycles. The highest BCUT2D eigenvalue weighted by Crippen LogP contribution is 2.15. The molecule has 1 aromatic carbocycles. The van der Waals surface area contributed by atoms with E-state index in [4.69, 9.17) is 4.74 Å². The van der Waals surface area contributed by atoms with Crippen LogP contribution < -0.4 is 0 Å². The third-order valence-electron chi connectivity index (χ3n) is 2.24. The number of nitrogens with zero attached hydrogens (tertiary/aromatic N) is 4. The highest BCUT2D eigenvalue weighted by molar-refractivity contribution is 9.10. The van der Waals surface area contributed by atoms with Crippen molar-refractivity contribution in [1.29, 1.82) is 0 Å². The molecule has 1 aromatic heterocycles. The van der Waals surface area contributed by atoms with Crippen LogP contribution in [0.2, 0.25) is 0 Å². The number of hydrogen-bond donors (Lipinski definition) is 0. The van der Waals surface area contributed by atoms with Gasteiger partial charge in [0, 0.05) is 4.47 Å². The number of hydrogen-bond acceptors (Lipinski definition) is 5. The van der Waals surface area contributed by atoms with Crippen LogP contribution in [0.3, 0.4) is 0 Å². The number of halogens is 2. The molecule has 0 spiro atoms. The van der Waals surface area contributed by atoms with Gasteiger partial charge < -0.3 is 4.74 Å². The average Bonchev–Trinajstić information content (AvgIpc) is 2.76. The average molecular weight is 329 g/mol. The van der Waals surface area contributed by atoms with Crippen molar-refractivity contribution < 1.29 is 13.9 Å². The highest BCUT2D eigenvalue weighted by Gasteiger charge is 2.17. The fourth-order valence-corrected chi connectivity index (χ4v) is 2.04. The number of carbonyl (C=O) groups excluding carboxylic acids is 1. The maximum Gasteiger partial charge on any atom is 0.378 e. The molecule has 0 radical (unpaired) electrons. The molecule has 6 nitrogen and oxygen atoms in total. The zero-order chi connectivity index (χ0) is 13.8. The van der Waals surface area contributed by atoms with Crippen LogP contribution >= 0.6 is 15.9 Å². The highest BCUT2D eigenvalue weighted by atomic mass is 79.9. The van der Waals surface area contributed by atoms with Gasteiger partial charge in [0.2, 0.25) is 0 Å². The summed E-state index contributed by atoms with van der Waals surface area (Å²) in [6.07, 6.45) is 0. The van der Waals surface area contributed by atoms with E-state index < -0.39 is 5.97 Å². The van der Waals surface area contributed by atoms with Crippen LogP contribution in [0, 0.1) is 5.82 Å². The molecule has 0 bridgehead atoms. The van der Waals surface area contributed by atoms with E-state index in [1.807, 2.05) is 0 Å². The van der Waals surface area contributed by atoms with Gasteiger partial charge in [0.15, 0.2) is 0 Å². The van der Waals surface area contributed by atoms with E-state index in [0.29, 0.717) is 10.0 Å². The second kappa shape index (κ2) is 5.87. The first kappa shape index (κ1) is 13.6. The fourth-order valence-electron chi connectivity index (χ4n) is 1.53. The van der Waals surface area contributed by atoms with E-state index in [1.54, 1.807) is 13.0 Å². The summed E-state index contributed by atoms with van der Waals surface area (Å²) in [6, 6.07) is 4.41. The minimum atomic E-state index is -0.608. The predicted molar refractivity (Wildman–Crippen MR) is 67.0 cm³/mol. The summed E-state index contributed by atoms with van der Waals surface area (Å²) in [5.74, 6) is -1.000. The SMILES string of the molecule is CCOC(=O)c1nnnn1Cc1cc(F)cc(Br)c1. The molecule has 8 heteroatoms. The van der Waals surface area contributed by atoms with Gasteiger partial charge in [0.25, 0.3) is 5.82 Å². The molecule has 0 saturated carbocycles. The van der Waals surface area contributed by atoms with E-state index in [2.05, 4.69) is 31.5 Å². The lowest BCUT2D eigenvalue weighted by molar-refractivity contribution is 0.0505. The fraction of sp³-hybridized carbons (Fsp3) is 0.273. The van der Waals surface area contributed by atoms with Crippen LogP contribution in [0.15, 0.2) is 22.7 Å². The van der Waals surface area contributed by atoms with Crippen molar-refractivity contribution in [2.75, 3.05) is 6.61 Å². The Hall–Kier alpha value is -1.83. The number of tetrazole rings is 1. The molecule has 100 valence electrons. The minimum Gasteiger partial charge on any atom is -0.460 e. The molecular formula is C11H10BrFN4O2. The summed E-state index contributed by atoms with van der Waals surface area (Å²) < 4.78 is 19.9. The van der Waals surface area contributed by atoms with Crippen LogP contribution in [-0.4, -0.2) is 32.8 Å². The standard InChI is InChI=1S/C11H10BrFN4O2/c1-2-19-11(18)10-14-15-16-17(10)6-7-3-8(12)5-9(13)4-7/h3-5H,2,6H2,1H3. The zero-order valence-corrected chi connectivity index (χ0v) is 11.6. The van der Waals surface area contributed by atoms with Gasteiger partial charge in [-0.15, -0.1) is 5.10 Å². The number of esters is 1. The Bertz CT molecular complexity index is 582. The number of ether oxygens (including phenoxy) is 1. The lowest BCUT2D eigenvalue weighted by atomic mass is 10.2. The Balaban J connectivity index is 2.24. The Morgan fingerprint density at radius 1 is 1.47 bits per heavy atom. The molecular weight excluding hydrogens is 319 g/mol. The Morgan fingerprint density at radius 3 is 2.95 bits per heavy atom. The lowest BCUT2D eigenvalue weighted by Gasteiger charge is -2.05. The Labute approximate surface area is 116 Å². The minimum absolute atomic E-state index is 0.0118. The lowest BCUT2D eigenvalue weighted by Crippen LogP contribution is -2.15. The molecule has 0 aliphatic rings. The van der Waals surface area contributed by atoms with Crippen LogP contribution in [-0.2, 0) is 11.3 Å². The third-order valence-corrected chi connectivity index (χ3v) is 2.70. The summed E-state index contributed by atoms with van der Waals surface area (Å²) in [4.78, 5) is 11.6. The molecule has 0 amide bonds. The van der Waals surface area contributed by atoms with Crippen molar-refractivity contribution in [3.63, 3.8) is 0 Å². The summed E-state index contributed by atoms with van der Waals surface area (Å²) >= 11 is 3.20. The third kappa shape index (κ3) is 3.34. The number of benzene rings is 1. The van der Waals surface area contributed by atoms with E-state index in [0.717, 1.165) is 0 Å². The maximum atomic E-state index is 13.3. The molecule has 0 saturated heterocycles. The van der Waals surface area contributed by atoms with Crippen molar-refractivity contribution in [1.82, 2.24) is 20.2 Å². The monoisotopic (exact) mass is 328 g/mol. The Morgan fingerprint density at radius 2 is 2.26 bits per heavy atom. The molecule has 0 aliphatic heterocycles. The molecule has 19 heavy (non-hydrogen) atoms. The molecule has 0 unspecified atom stereocenters. The largest absolute Gasteiger partial charge is 0.460 e. The van der Waals surface area contributed by atoms with Gasteiger partial charge in [0.05, 0.1) is 13.2 Å². The number of aromatic nitrogens is 4. The maximum absolute atomic E-state index is 13.3. The zero-order valence-electron chi connectivity index (χ0n) is 10.0. The van der Waals surface area contributed by atoms with E-state index in [1.165, 1.54) is 16.8 Å². The smallest absolute Gasteiger partial charge is 0.378 e. The predicted octanol–water partition coefficient (Wildman–Crippen LogP) is 1.80. The van der Waals surface area contributed by atoms with E-state index >= 15 is 0 Å². The van der Waals surface area contributed by atoms with Gasteiger partial charge in [0.1, 0.15) is 5.82 Å². The van der Waals surface area contributed by atoms with E-state index in [-0.39, 0.29) is 24.8 Å². The normalized spacial score (nSPS) is 10.5. The molecule has 0 N–H and O–H groups in total. The second-order valence-corrected chi connectivity index (χ2v) is 4.57. The van der Waals surface area contributed by atoms with Crippen molar-refractivity contribution in [2.24, 2.45) is 0 Å². The van der Waals surface area contributed by atoms with Crippen molar-refractivity contribution in [3.8, 4) is 0 Å². The van der Waals surface area contributed by atoms with Crippen molar-refractivity contribution >= 4 is 21.9 Å². The first-order chi connectivity index (χ1) is 9.10. The topological polar surface area (TPSA) is 69.9 Å². The van der Waals surface area contributed by atoms with Gasteiger partial charge in [-0.1, -0.05) is 15.9 Å². The van der Waals surface area contributed by atoms with Gasteiger partial charge in [-0.2, -0.15) is 0 Å². The van der Waals surface area contributed by atoms with Gasteiger partial charge in [-0.05, 0) is 41.1 Å². The number of carbonyl (C=O) groups is 1. The summed E-state index contributed by atoms with van der Waals surface area (Å²) in [7, 11) is 0. The molecule has 0 aliphatic carbocycles. The molecule has 2 rings (SSSR count). The second-order valence-electron chi connectivity index (χ2n) is 3.66. The van der Waals surface area contributed by atoms with Gasteiger partial charge in [-0.3, -0.25) is 0 Å². The summed E-state index contributed by atoms with van der Waals surface area (Å²) in [6.45, 7) is 2.10. The van der Waals surface area contributed by atoms with Crippen LogP contribution in [0.1, 0.15) is 23.1 Å². The van der Waals surface area contributed by atoms with E-state index in [9.17, 15) is 9.18 Å². The van der Waals surface area contributed by atoms with Crippen molar-refractivity contribution in [3.05, 3.63) is 39.9 Å². The molecule has 0 fully saturated rings. The van der Waals surface area contributed by atoms with Crippen LogP contribution in [0.5, 0.6) is 0 Å². The van der Waals surface area contributed by atoms with Gasteiger partial charge >= 0.3 is 5.97 Å². The molecule has 0 atom stereocenters. The van der Waals surface area contributed by atoms with Crippen LogP contribution in [0.4, 0.5) is 4.39 Å². The van der Waals surface area contributed by atoms with Crippen LogP contribution in [0.25, 0.3) is 0 Å². The number of rotatable bonds is 4. The summed E-state index contributed by atoms with van der Waals surface area (Å²) in [5, 5.41) is 10.7. The Kier molecular flexibility index (Phi) is 4.20. The summed E-state index contributed by atoms with van der Waals surface area (Å²) in [5.41, 5.74) is 0.629. The quantitative estimate of drug-likeness (QED) is 0.800. The first-order valence-corrected chi connectivity index (χ1v) is 6.27. The van der Waals surface area contributed by atoms with Crippen molar-refractivity contribution in [2.45, 2.75) is 13.5 Å². The molecule has 2 aromatic rings.